The lowest BCUT2D eigenvalue weighted by Crippen LogP contribution is -2.43. The van der Waals surface area contributed by atoms with E-state index in [1.807, 2.05) is 41.3 Å². The number of carbonyl (C=O) groups is 1. The van der Waals surface area contributed by atoms with Crippen LogP contribution in [0.5, 0.6) is 0 Å². The predicted molar refractivity (Wildman–Crippen MR) is 87.9 cm³/mol. The summed E-state index contributed by atoms with van der Waals surface area (Å²) in [5, 5.41) is 3.48. The number of hydrogen-bond acceptors (Lipinski definition) is 2. The molecular formula is C18H26N2O. The number of rotatable bonds is 5. The van der Waals surface area contributed by atoms with E-state index >= 15 is 0 Å². The van der Waals surface area contributed by atoms with Crippen molar-refractivity contribution in [2.75, 3.05) is 19.6 Å². The first kappa shape index (κ1) is 15.8. The molecule has 1 atom stereocenters. The molecule has 3 heteroatoms. The van der Waals surface area contributed by atoms with E-state index in [1.54, 1.807) is 6.08 Å². The van der Waals surface area contributed by atoms with Crippen LogP contribution in [-0.2, 0) is 4.79 Å². The highest BCUT2D eigenvalue weighted by molar-refractivity contribution is 5.91. The van der Waals surface area contributed by atoms with Crippen molar-refractivity contribution in [3.8, 4) is 0 Å². The van der Waals surface area contributed by atoms with Crippen molar-refractivity contribution in [2.45, 2.75) is 32.7 Å². The van der Waals surface area contributed by atoms with Gasteiger partial charge < -0.3 is 10.2 Å². The van der Waals surface area contributed by atoms with Gasteiger partial charge in [-0.3, -0.25) is 4.79 Å². The van der Waals surface area contributed by atoms with Gasteiger partial charge >= 0.3 is 0 Å². The lowest BCUT2D eigenvalue weighted by atomic mass is 9.97. The average Bonchev–Trinajstić information content (AvgIpc) is 2.52. The fourth-order valence-corrected chi connectivity index (χ4v) is 2.67. The van der Waals surface area contributed by atoms with Crippen molar-refractivity contribution in [2.24, 2.45) is 5.92 Å². The minimum atomic E-state index is 0.133. The zero-order valence-electron chi connectivity index (χ0n) is 13.1. The Bertz CT molecular complexity index is 467. The van der Waals surface area contributed by atoms with E-state index in [9.17, 15) is 4.79 Å². The summed E-state index contributed by atoms with van der Waals surface area (Å²) in [7, 11) is 0. The van der Waals surface area contributed by atoms with Crippen LogP contribution in [0, 0.1) is 5.92 Å². The van der Waals surface area contributed by atoms with Crippen LogP contribution in [0.15, 0.2) is 36.4 Å². The third-order valence-electron chi connectivity index (χ3n) is 3.86. The van der Waals surface area contributed by atoms with Gasteiger partial charge in [-0.15, -0.1) is 0 Å². The topological polar surface area (TPSA) is 32.3 Å². The van der Waals surface area contributed by atoms with E-state index in [1.165, 1.54) is 6.42 Å². The first-order valence-electron chi connectivity index (χ1n) is 7.90. The molecule has 1 heterocycles. The van der Waals surface area contributed by atoms with Gasteiger partial charge in [-0.05, 0) is 36.9 Å². The first-order chi connectivity index (χ1) is 10.1. The molecule has 0 radical (unpaired) electrons. The molecule has 2 rings (SSSR count). The van der Waals surface area contributed by atoms with Crippen molar-refractivity contribution < 1.29 is 4.79 Å². The Morgan fingerprint density at radius 3 is 2.86 bits per heavy atom. The van der Waals surface area contributed by atoms with E-state index in [-0.39, 0.29) is 5.91 Å². The molecule has 1 aromatic carbocycles. The van der Waals surface area contributed by atoms with Crippen LogP contribution in [0.4, 0.5) is 0 Å². The third-order valence-corrected chi connectivity index (χ3v) is 3.86. The van der Waals surface area contributed by atoms with E-state index in [2.05, 4.69) is 19.2 Å². The number of amides is 1. The standard InChI is InChI=1S/C18H26N2O/c1-15(2)19-13-17-9-6-12-20(14-17)18(21)11-10-16-7-4-3-5-8-16/h3-5,7-8,10-11,15,17,19H,6,9,12-14H2,1-2H3. The van der Waals surface area contributed by atoms with Crippen molar-refractivity contribution in [3.63, 3.8) is 0 Å². The van der Waals surface area contributed by atoms with Gasteiger partial charge in [0.25, 0.3) is 0 Å². The third kappa shape index (κ3) is 5.35. The summed E-state index contributed by atoms with van der Waals surface area (Å²) in [6.45, 7) is 7.08. The summed E-state index contributed by atoms with van der Waals surface area (Å²) in [5.74, 6) is 0.711. The smallest absolute Gasteiger partial charge is 0.246 e. The second kappa shape index (κ2) is 7.99. The highest BCUT2D eigenvalue weighted by atomic mass is 16.2. The SMILES string of the molecule is CC(C)NCC1CCCN(C(=O)C=Cc2ccccc2)C1. The number of likely N-dealkylation sites (tertiary alicyclic amines) is 1. The molecule has 1 fully saturated rings. The summed E-state index contributed by atoms with van der Waals surface area (Å²) in [4.78, 5) is 14.3. The highest BCUT2D eigenvalue weighted by Gasteiger charge is 2.22. The summed E-state index contributed by atoms with van der Waals surface area (Å²) < 4.78 is 0. The van der Waals surface area contributed by atoms with Crippen molar-refractivity contribution in [1.82, 2.24) is 10.2 Å². The summed E-state index contributed by atoms with van der Waals surface area (Å²) >= 11 is 0. The monoisotopic (exact) mass is 286 g/mol. The molecule has 1 aliphatic heterocycles. The zero-order valence-corrected chi connectivity index (χ0v) is 13.1. The Kier molecular flexibility index (Phi) is 6.00. The van der Waals surface area contributed by atoms with Gasteiger partial charge in [-0.25, -0.2) is 0 Å². The van der Waals surface area contributed by atoms with Gasteiger partial charge in [0.15, 0.2) is 0 Å². The number of piperidine rings is 1. The van der Waals surface area contributed by atoms with Crippen molar-refractivity contribution in [3.05, 3.63) is 42.0 Å². The maximum atomic E-state index is 12.3. The summed E-state index contributed by atoms with van der Waals surface area (Å²) in [5.41, 5.74) is 1.07. The lowest BCUT2D eigenvalue weighted by molar-refractivity contribution is -0.127. The van der Waals surface area contributed by atoms with Gasteiger partial charge in [0.1, 0.15) is 0 Å². The molecule has 0 aliphatic carbocycles. The fourth-order valence-electron chi connectivity index (χ4n) is 2.67. The molecule has 0 bridgehead atoms. The van der Waals surface area contributed by atoms with Crippen LogP contribution in [0.1, 0.15) is 32.3 Å². The molecule has 1 N–H and O–H groups in total. The number of carbonyl (C=O) groups excluding carboxylic acids is 1. The molecule has 114 valence electrons. The number of benzene rings is 1. The molecule has 1 unspecified atom stereocenters. The minimum Gasteiger partial charge on any atom is -0.339 e. The van der Waals surface area contributed by atoms with Crippen LogP contribution >= 0.6 is 0 Å². The Labute approximate surface area is 128 Å². The Balaban J connectivity index is 1.85. The summed E-state index contributed by atoms with van der Waals surface area (Å²) in [6, 6.07) is 10.5. The van der Waals surface area contributed by atoms with Crippen LogP contribution < -0.4 is 5.32 Å². The maximum Gasteiger partial charge on any atom is 0.246 e. The molecule has 0 spiro atoms. The zero-order chi connectivity index (χ0) is 15.1. The molecule has 21 heavy (non-hydrogen) atoms. The van der Waals surface area contributed by atoms with E-state index in [4.69, 9.17) is 0 Å². The van der Waals surface area contributed by atoms with Gasteiger partial charge in [-0.1, -0.05) is 44.2 Å². The first-order valence-corrected chi connectivity index (χ1v) is 7.90. The second-order valence-electron chi connectivity index (χ2n) is 6.10. The van der Waals surface area contributed by atoms with Crippen LogP contribution in [0.2, 0.25) is 0 Å². The Morgan fingerprint density at radius 2 is 2.14 bits per heavy atom. The van der Waals surface area contributed by atoms with Crippen molar-refractivity contribution in [1.29, 1.82) is 0 Å². The Hall–Kier alpha value is -1.61. The molecule has 1 aromatic rings. The number of nitrogens with one attached hydrogen (secondary N) is 1. The quantitative estimate of drug-likeness (QED) is 0.844. The highest BCUT2D eigenvalue weighted by Crippen LogP contribution is 2.16. The van der Waals surface area contributed by atoms with E-state index in [0.717, 1.165) is 31.6 Å². The summed E-state index contributed by atoms with van der Waals surface area (Å²) in [6.07, 6.45) is 5.92. The molecule has 3 nitrogen and oxygen atoms in total. The van der Waals surface area contributed by atoms with Crippen LogP contribution in [0.25, 0.3) is 6.08 Å². The van der Waals surface area contributed by atoms with Gasteiger partial charge in [0, 0.05) is 25.2 Å². The molecule has 1 saturated heterocycles. The van der Waals surface area contributed by atoms with Gasteiger partial charge in [-0.2, -0.15) is 0 Å². The van der Waals surface area contributed by atoms with Gasteiger partial charge in [0.2, 0.25) is 5.91 Å². The van der Waals surface area contributed by atoms with Gasteiger partial charge in [0.05, 0.1) is 0 Å². The fraction of sp³-hybridized carbons (Fsp3) is 0.500. The molecular weight excluding hydrogens is 260 g/mol. The number of hydrogen-bond donors (Lipinski definition) is 1. The molecule has 1 amide bonds. The minimum absolute atomic E-state index is 0.133. The van der Waals surface area contributed by atoms with Crippen LogP contribution in [-0.4, -0.2) is 36.5 Å². The molecule has 0 saturated carbocycles. The van der Waals surface area contributed by atoms with Crippen molar-refractivity contribution >= 4 is 12.0 Å². The van der Waals surface area contributed by atoms with E-state index < -0.39 is 0 Å². The second-order valence-corrected chi connectivity index (χ2v) is 6.10. The Morgan fingerprint density at radius 1 is 1.38 bits per heavy atom. The normalized spacial score (nSPS) is 19.4. The molecule has 0 aromatic heterocycles. The average molecular weight is 286 g/mol. The number of nitrogens with zero attached hydrogens (tertiary/aromatic N) is 1. The largest absolute Gasteiger partial charge is 0.339 e. The lowest BCUT2D eigenvalue weighted by Gasteiger charge is -2.32. The van der Waals surface area contributed by atoms with E-state index in [0.29, 0.717) is 12.0 Å². The van der Waals surface area contributed by atoms with Crippen LogP contribution in [0.3, 0.4) is 0 Å². The maximum absolute atomic E-state index is 12.3. The predicted octanol–water partition coefficient (Wildman–Crippen LogP) is 2.94. The molecule has 1 aliphatic rings.